The number of hydrogen-bond acceptors (Lipinski definition) is 5. The lowest BCUT2D eigenvalue weighted by Crippen LogP contribution is -2.45. The summed E-state index contributed by atoms with van der Waals surface area (Å²) in [5, 5.41) is 17.0. The molecule has 25 heavy (non-hydrogen) atoms. The van der Waals surface area contributed by atoms with Crippen molar-refractivity contribution in [2.75, 3.05) is 0 Å². The summed E-state index contributed by atoms with van der Waals surface area (Å²) in [7, 11) is 0. The van der Waals surface area contributed by atoms with E-state index in [1.54, 1.807) is 6.20 Å². The summed E-state index contributed by atoms with van der Waals surface area (Å²) < 4.78 is 0. The molecule has 0 saturated heterocycles. The highest BCUT2D eigenvalue weighted by molar-refractivity contribution is 5.94. The molecule has 2 heterocycles. The molecule has 0 unspecified atom stereocenters. The number of aromatic nitrogens is 5. The molecule has 126 valence electrons. The Morgan fingerprint density at radius 3 is 2.68 bits per heavy atom. The van der Waals surface area contributed by atoms with Gasteiger partial charge in [-0.3, -0.25) is 9.78 Å². The Labute approximate surface area is 144 Å². The van der Waals surface area contributed by atoms with Gasteiger partial charge in [-0.2, -0.15) is 5.21 Å². The van der Waals surface area contributed by atoms with Crippen LogP contribution in [-0.4, -0.2) is 37.6 Å². The lowest BCUT2D eigenvalue weighted by Gasteiger charge is -2.35. The number of hydrogen-bond donors (Lipinski definition) is 2. The Bertz CT molecular complexity index is 826. The van der Waals surface area contributed by atoms with E-state index in [-0.39, 0.29) is 11.9 Å². The summed E-state index contributed by atoms with van der Waals surface area (Å²) in [5.74, 6) is 1.22. The SMILES string of the molecule is O=C(NC1CC(Cc2nn[nH]n2)C1)c1ccc(-c2cccnc2)cc1. The van der Waals surface area contributed by atoms with Gasteiger partial charge in [0.05, 0.1) is 0 Å². The molecule has 0 atom stereocenters. The van der Waals surface area contributed by atoms with Crippen LogP contribution in [0.15, 0.2) is 48.8 Å². The van der Waals surface area contributed by atoms with Gasteiger partial charge in [0, 0.05) is 30.4 Å². The second kappa shape index (κ2) is 6.80. The molecule has 0 radical (unpaired) electrons. The minimum Gasteiger partial charge on any atom is -0.349 e. The van der Waals surface area contributed by atoms with E-state index in [0.717, 1.165) is 36.2 Å². The summed E-state index contributed by atoms with van der Waals surface area (Å²) in [5.41, 5.74) is 2.76. The van der Waals surface area contributed by atoms with E-state index in [1.165, 1.54) is 0 Å². The minimum absolute atomic E-state index is 0.0271. The Morgan fingerprint density at radius 2 is 2.00 bits per heavy atom. The molecule has 0 bridgehead atoms. The third-order valence-electron chi connectivity index (χ3n) is 4.57. The van der Waals surface area contributed by atoms with Gasteiger partial charge in [0.1, 0.15) is 0 Å². The van der Waals surface area contributed by atoms with Crippen LogP contribution in [0.3, 0.4) is 0 Å². The lowest BCUT2D eigenvalue weighted by atomic mass is 9.78. The molecule has 1 saturated carbocycles. The fraction of sp³-hybridized carbons (Fsp3) is 0.278. The van der Waals surface area contributed by atoms with E-state index >= 15 is 0 Å². The zero-order chi connectivity index (χ0) is 17.1. The summed E-state index contributed by atoms with van der Waals surface area (Å²) in [4.78, 5) is 16.5. The molecule has 3 aromatic rings. The average molecular weight is 334 g/mol. The molecule has 0 aliphatic heterocycles. The first-order chi connectivity index (χ1) is 12.3. The van der Waals surface area contributed by atoms with Gasteiger partial charge in [-0.05, 0) is 48.1 Å². The van der Waals surface area contributed by atoms with Crippen LogP contribution in [0.2, 0.25) is 0 Å². The number of rotatable bonds is 5. The van der Waals surface area contributed by atoms with Crippen molar-refractivity contribution in [1.29, 1.82) is 0 Å². The number of amides is 1. The summed E-state index contributed by atoms with van der Waals surface area (Å²) in [6.45, 7) is 0. The molecule has 0 spiro atoms. The topological polar surface area (TPSA) is 96.5 Å². The molecular formula is C18H18N6O. The van der Waals surface area contributed by atoms with Crippen LogP contribution in [0.4, 0.5) is 0 Å². The number of aromatic amines is 1. The fourth-order valence-electron chi connectivity index (χ4n) is 3.16. The van der Waals surface area contributed by atoms with Crippen molar-refractivity contribution in [2.24, 2.45) is 5.92 Å². The Kier molecular flexibility index (Phi) is 4.20. The van der Waals surface area contributed by atoms with Crippen molar-refractivity contribution >= 4 is 5.91 Å². The number of nitrogens with one attached hydrogen (secondary N) is 2. The van der Waals surface area contributed by atoms with Crippen LogP contribution < -0.4 is 5.32 Å². The van der Waals surface area contributed by atoms with E-state index in [0.29, 0.717) is 11.5 Å². The van der Waals surface area contributed by atoms with Gasteiger partial charge >= 0.3 is 0 Å². The fourth-order valence-corrected chi connectivity index (χ4v) is 3.16. The van der Waals surface area contributed by atoms with Gasteiger partial charge in [0.2, 0.25) is 0 Å². The van der Waals surface area contributed by atoms with E-state index in [2.05, 4.69) is 30.9 Å². The van der Waals surface area contributed by atoms with Crippen LogP contribution in [0.25, 0.3) is 11.1 Å². The van der Waals surface area contributed by atoms with Gasteiger partial charge in [-0.1, -0.05) is 23.4 Å². The molecule has 1 fully saturated rings. The zero-order valence-corrected chi connectivity index (χ0v) is 13.6. The standard InChI is InChI=1S/C18H18N6O/c25-18(20-16-8-12(9-16)10-17-21-23-24-22-17)14-5-3-13(4-6-14)15-2-1-7-19-11-15/h1-7,11-12,16H,8-10H2,(H,20,25)(H,21,22,23,24). The lowest BCUT2D eigenvalue weighted by molar-refractivity contribution is 0.0889. The second-order valence-corrected chi connectivity index (χ2v) is 6.36. The molecule has 1 aliphatic carbocycles. The third kappa shape index (κ3) is 3.55. The van der Waals surface area contributed by atoms with E-state index in [4.69, 9.17) is 0 Å². The highest BCUT2D eigenvalue weighted by Crippen LogP contribution is 2.30. The molecular weight excluding hydrogens is 316 g/mol. The van der Waals surface area contributed by atoms with Crippen LogP contribution >= 0.6 is 0 Å². The predicted molar refractivity (Wildman–Crippen MR) is 91.5 cm³/mol. The smallest absolute Gasteiger partial charge is 0.251 e. The Balaban J connectivity index is 1.30. The maximum absolute atomic E-state index is 12.4. The summed E-state index contributed by atoms with van der Waals surface area (Å²) in [6, 6.07) is 11.7. The molecule has 4 rings (SSSR count). The van der Waals surface area contributed by atoms with Crippen molar-refractivity contribution in [3.05, 3.63) is 60.2 Å². The molecule has 2 N–H and O–H groups in total. The summed E-state index contributed by atoms with van der Waals surface area (Å²) in [6.07, 6.45) is 6.27. The molecule has 7 nitrogen and oxygen atoms in total. The number of carbonyl (C=O) groups is 1. The Hall–Kier alpha value is -3.09. The van der Waals surface area contributed by atoms with Crippen molar-refractivity contribution in [2.45, 2.75) is 25.3 Å². The van der Waals surface area contributed by atoms with Crippen LogP contribution in [0, 0.1) is 5.92 Å². The first-order valence-electron chi connectivity index (χ1n) is 8.31. The highest BCUT2D eigenvalue weighted by atomic mass is 16.1. The average Bonchev–Trinajstić information content (AvgIpc) is 3.14. The van der Waals surface area contributed by atoms with E-state index in [1.807, 2.05) is 42.6 Å². The molecule has 7 heteroatoms. The van der Waals surface area contributed by atoms with Crippen LogP contribution in [-0.2, 0) is 6.42 Å². The number of nitrogens with zero attached hydrogens (tertiary/aromatic N) is 4. The van der Waals surface area contributed by atoms with E-state index in [9.17, 15) is 4.79 Å². The van der Waals surface area contributed by atoms with Crippen molar-refractivity contribution in [3.63, 3.8) is 0 Å². The normalized spacial score (nSPS) is 19.2. The van der Waals surface area contributed by atoms with Crippen LogP contribution in [0.5, 0.6) is 0 Å². The molecule has 1 aromatic carbocycles. The summed E-state index contributed by atoms with van der Waals surface area (Å²) >= 11 is 0. The van der Waals surface area contributed by atoms with Gasteiger partial charge in [-0.25, -0.2) is 0 Å². The number of H-pyrrole nitrogens is 1. The number of pyridine rings is 1. The predicted octanol–water partition coefficient (Wildman–Crippen LogP) is 2.01. The molecule has 1 aliphatic rings. The Morgan fingerprint density at radius 1 is 1.16 bits per heavy atom. The second-order valence-electron chi connectivity index (χ2n) is 6.36. The molecule has 1 amide bonds. The monoisotopic (exact) mass is 334 g/mol. The largest absolute Gasteiger partial charge is 0.349 e. The third-order valence-corrected chi connectivity index (χ3v) is 4.57. The zero-order valence-electron chi connectivity index (χ0n) is 13.6. The van der Waals surface area contributed by atoms with Crippen molar-refractivity contribution in [3.8, 4) is 11.1 Å². The quantitative estimate of drug-likeness (QED) is 0.744. The first-order valence-corrected chi connectivity index (χ1v) is 8.31. The minimum atomic E-state index is -0.0271. The maximum atomic E-state index is 12.4. The number of tetrazole rings is 1. The number of benzene rings is 1. The van der Waals surface area contributed by atoms with Crippen molar-refractivity contribution in [1.82, 2.24) is 30.9 Å². The first kappa shape index (κ1) is 15.4. The highest BCUT2D eigenvalue weighted by Gasteiger charge is 2.31. The van der Waals surface area contributed by atoms with E-state index < -0.39 is 0 Å². The van der Waals surface area contributed by atoms with Crippen molar-refractivity contribution < 1.29 is 4.79 Å². The van der Waals surface area contributed by atoms with Gasteiger partial charge in [-0.15, -0.1) is 10.2 Å². The number of carbonyl (C=O) groups excluding carboxylic acids is 1. The molecule has 2 aromatic heterocycles. The van der Waals surface area contributed by atoms with Gasteiger partial charge in [0.25, 0.3) is 5.91 Å². The van der Waals surface area contributed by atoms with Crippen LogP contribution in [0.1, 0.15) is 29.0 Å². The van der Waals surface area contributed by atoms with Gasteiger partial charge in [0.15, 0.2) is 5.82 Å². The maximum Gasteiger partial charge on any atom is 0.251 e. The van der Waals surface area contributed by atoms with Gasteiger partial charge < -0.3 is 5.32 Å².